The van der Waals surface area contributed by atoms with E-state index in [-0.39, 0.29) is 6.09 Å². The summed E-state index contributed by atoms with van der Waals surface area (Å²) in [5, 5.41) is 1.01. The fraction of sp³-hybridized carbons (Fsp3) is 0.556. The van der Waals surface area contributed by atoms with Crippen LogP contribution in [0.5, 0.6) is 0 Å². The Morgan fingerprint density at radius 1 is 1.21 bits per heavy atom. The number of rotatable bonds is 1. The second kappa shape index (κ2) is 6.09. The van der Waals surface area contributed by atoms with Gasteiger partial charge in [-0.05, 0) is 46.9 Å². The predicted molar refractivity (Wildman–Crippen MR) is 95.8 cm³/mol. The lowest BCUT2D eigenvalue weighted by Gasteiger charge is -2.33. The van der Waals surface area contributed by atoms with Crippen molar-refractivity contribution in [2.45, 2.75) is 33.3 Å². The number of hydrogen-bond donors (Lipinski definition) is 0. The first-order valence-corrected chi connectivity index (χ1v) is 8.40. The SMILES string of the molecule is Cc1cc2c(N3CCN(C)CC3)nccc2n1C(=O)OC(C)(C)C. The molecule has 1 aliphatic heterocycles. The average molecular weight is 330 g/mol. The molecule has 6 nitrogen and oxygen atoms in total. The molecule has 0 radical (unpaired) electrons. The Hall–Kier alpha value is -2.08. The fourth-order valence-electron chi connectivity index (χ4n) is 3.07. The van der Waals surface area contributed by atoms with Gasteiger partial charge < -0.3 is 14.5 Å². The van der Waals surface area contributed by atoms with Crippen molar-refractivity contribution in [3.63, 3.8) is 0 Å². The molecule has 0 unspecified atom stereocenters. The zero-order chi connectivity index (χ0) is 17.5. The van der Waals surface area contributed by atoms with Gasteiger partial charge in [0.05, 0.1) is 5.52 Å². The molecule has 2 aromatic rings. The summed E-state index contributed by atoms with van der Waals surface area (Å²) in [5.74, 6) is 0.950. The minimum absolute atomic E-state index is 0.342. The molecule has 6 heteroatoms. The van der Waals surface area contributed by atoms with E-state index in [2.05, 4.69) is 21.8 Å². The molecular formula is C18H26N4O2. The second-order valence-corrected chi connectivity index (χ2v) is 7.46. The van der Waals surface area contributed by atoms with Crippen LogP contribution in [0.25, 0.3) is 10.9 Å². The van der Waals surface area contributed by atoms with Crippen molar-refractivity contribution in [2.24, 2.45) is 0 Å². The summed E-state index contributed by atoms with van der Waals surface area (Å²) in [4.78, 5) is 21.8. The van der Waals surface area contributed by atoms with Crippen molar-refractivity contribution >= 4 is 22.8 Å². The van der Waals surface area contributed by atoms with Crippen LogP contribution in [0.15, 0.2) is 18.3 Å². The summed E-state index contributed by atoms with van der Waals surface area (Å²) in [5.41, 5.74) is 1.20. The molecule has 0 aromatic carbocycles. The lowest BCUT2D eigenvalue weighted by atomic mass is 10.2. The monoisotopic (exact) mass is 330 g/mol. The maximum Gasteiger partial charge on any atom is 0.419 e. The lowest BCUT2D eigenvalue weighted by Crippen LogP contribution is -2.44. The van der Waals surface area contributed by atoms with Crippen LogP contribution in [0.4, 0.5) is 10.6 Å². The lowest BCUT2D eigenvalue weighted by molar-refractivity contribution is 0.0541. The van der Waals surface area contributed by atoms with Crippen molar-refractivity contribution in [1.82, 2.24) is 14.5 Å². The van der Waals surface area contributed by atoms with Gasteiger partial charge in [0, 0.05) is 43.5 Å². The van der Waals surface area contributed by atoms with Crippen LogP contribution >= 0.6 is 0 Å². The maximum atomic E-state index is 12.6. The van der Waals surface area contributed by atoms with Crippen LogP contribution < -0.4 is 4.90 Å². The molecule has 3 heterocycles. The van der Waals surface area contributed by atoms with E-state index in [0.717, 1.165) is 48.6 Å². The number of likely N-dealkylation sites (N-methyl/N-ethyl adjacent to an activating group) is 1. The van der Waals surface area contributed by atoms with Crippen LogP contribution in [0.2, 0.25) is 0 Å². The number of anilines is 1. The summed E-state index contributed by atoms with van der Waals surface area (Å²) < 4.78 is 7.19. The summed E-state index contributed by atoms with van der Waals surface area (Å²) in [6.07, 6.45) is 1.43. The molecule has 3 rings (SSSR count). The number of carbonyl (C=O) groups is 1. The predicted octanol–water partition coefficient (Wildman–Crippen LogP) is 2.88. The minimum atomic E-state index is -0.520. The van der Waals surface area contributed by atoms with Gasteiger partial charge in [-0.1, -0.05) is 0 Å². The number of carbonyl (C=O) groups excluding carboxylic acids is 1. The molecule has 0 spiro atoms. The first-order valence-electron chi connectivity index (χ1n) is 8.40. The number of nitrogens with zero attached hydrogens (tertiary/aromatic N) is 4. The average Bonchev–Trinajstić information content (AvgIpc) is 2.82. The highest BCUT2D eigenvalue weighted by Gasteiger charge is 2.24. The normalized spacial score (nSPS) is 16.6. The molecule has 0 atom stereocenters. The Morgan fingerprint density at radius 3 is 2.50 bits per heavy atom. The smallest absolute Gasteiger partial charge is 0.419 e. The molecule has 0 saturated carbocycles. The summed E-state index contributed by atoms with van der Waals surface area (Å²) >= 11 is 0. The van der Waals surface area contributed by atoms with Crippen LogP contribution in [0.3, 0.4) is 0 Å². The molecule has 2 aromatic heterocycles. The number of piperazine rings is 1. The third-order valence-corrected chi connectivity index (χ3v) is 4.27. The van der Waals surface area contributed by atoms with Crippen molar-refractivity contribution in [3.05, 3.63) is 24.0 Å². The molecule has 1 saturated heterocycles. The summed E-state index contributed by atoms with van der Waals surface area (Å²) in [6.45, 7) is 11.5. The number of aryl methyl sites for hydroxylation is 1. The minimum Gasteiger partial charge on any atom is -0.443 e. The molecule has 1 fully saturated rings. The Bertz CT molecular complexity index is 752. The molecule has 24 heavy (non-hydrogen) atoms. The number of ether oxygens (including phenoxy) is 1. The Morgan fingerprint density at radius 2 is 1.88 bits per heavy atom. The van der Waals surface area contributed by atoms with E-state index in [4.69, 9.17) is 4.74 Å². The molecule has 0 N–H and O–H groups in total. The van der Waals surface area contributed by atoms with Crippen molar-refractivity contribution < 1.29 is 9.53 Å². The third kappa shape index (κ3) is 3.24. The largest absolute Gasteiger partial charge is 0.443 e. The first kappa shape index (κ1) is 16.8. The summed E-state index contributed by atoms with van der Waals surface area (Å²) in [6, 6.07) is 3.91. The van der Waals surface area contributed by atoms with Crippen LogP contribution in [0, 0.1) is 6.92 Å². The maximum absolute atomic E-state index is 12.6. The Kier molecular flexibility index (Phi) is 4.25. The zero-order valence-electron chi connectivity index (χ0n) is 15.2. The van der Waals surface area contributed by atoms with Gasteiger partial charge in [-0.15, -0.1) is 0 Å². The molecule has 0 bridgehead atoms. The third-order valence-electron chi connectivity index (χ3n) is 4.27. The van der Waals surface area contributed by atoms with E-state index >= 15 is 0 Å². The van der Waals surface area contributed by atoms with Gasteiger partial charge in [-0.2, -0.15) is 0 Å². The zero-order valence-corrected chi connectivity index (χ0v) is 15.2. The Balaban J connectivity index is 2.00. The van der Waals surface area contributed by atoms with Gasteiger partial charge >= 0.3 is 6.09 Å². The Labute approximate surface area is 143 Å². The molecule has 130 valence electrons. The van der Waals surface area contributed by atoms with Gasteiger partial charge in [-0.25, -0.2) is 14.3 Å². The molecule has 0 amide bonds. The number of hydrogen-bond acceptors (Lipinski definition) is 5. The van der Waals surface area contributed by atoms with Crippen LogP contribution in [-0.4, -0.2) is 59.4 Å². The van der Waals surface area contributed by atoms with Crippen molar-refractivity contribution in [1.29, 1.82) is 0 Å². The molecule has 1 aliphatic rings. The molecule has 0 aliphatic carbocycles. The number of fused-ring (bicyclic) bond motifs is 1. The molecular weight excluding hydrogens is 304 g/mol. The number of pyridine rings is 1. The van der Waals surface area contributed by atoms with Gasteiger partial charge in [0.25, 0.3) is 0 Å². The first-order chi connectivity index (χ1) is 11.3. The van der Waals surface area contributed by atoms with Crippen LogP contribution in [-0.2, 0) is 4.74 Å². The summed E-state index contributed by atoms with van der Waals surface area (Å²) in [7, 11) is 2.13. The highest BCUT2D eigenvalue weighted by atomic mass is 16.6. The van der Waals surface area contributed by atoms with E-state index in [1.807, 2.05) is 39.8 Å². The van der Waals surface area contributed by atoms with Gasteiger partial charge in [0.2, 0.25) is 0 Å². The van der Waals surface area contributed by atoms with E-state index in [0.29, 0.717) is 0 Å². The fourth-order valence-corrected chi connectivity index (χ4v) is 3.07. The number of aromatic nitrogens is 2. The van der Waals surface area contributed by atoms with E-state index in [1.54, 1.807) is 10.8 Å². The van der Waals surface area contributed by atoms with E-state index in [9.17, 15) is 4.79 Å². The van der Waals surface area contributed by atoms with E-state index < -0.39 is 5.60 Å². The van der Waals surface area contributed by atoms with Gasteiger partial charge in [-0.3, -0.25) is 0 Å². The topological polar surface area (TPSA) is 50.6 Å². The van der Waals surface area contributed by atoms with E-state index in [1.165, 1.54) is 0 Å². The van der Waals surface area contributed by atoms with Gasteiger partial charge in [0.15, 0.2) is 0 Å². The van der Waals surface area contributed by atoms with Crippen LogP contribution in [0.1, 0.15) is 26.5 Å². The highest BCUT2D eigenvalue weighted by molar-refractivity contribution is 5.97. The quantitative estimate of drug-likeness (QED) is 0.805. The highest BCUT2D eigenvalue weighted by Crippen LogP contribution is 2.29. The van der Waals surface area contributed by atoms with Gasteiger partial charge in [0.1, 0.15) is 11.4 Å². The second-order valence-electron chi connectivity index (χ2n) is 7.46. The standard InChI is InChI=1S/C18H26N4O2/c1-13-12-14-15(22(13)17(23)24-18(2,3)4)6-7-19-16(14)21-10-8-20(5)9-11-21/h6-7,12H,8-11H2,1-5H3. The van der Waals surface area contributed by atoms with Crippen molar-refractivity contribution in [2.75, 3.05) is 38.1 Å². The van der Waals surface area contributed by atoms with Crippen molar-refractivity contribution in [3.8, 4) is 0 Å².